The SMILES string of the molecule is COc1ccc(N2CCC(NC(=O)c3ccc(OC)c(S(=O)(=O)NC(C)(C)C)c3)CC2)cc1. The number of hydrogen-bond donors (Lipinski definition) is 2. The average molecular weight is 476 g/mol. The quantitative estimate of drug-likeness (QED) is 0.639. The first-order chi connectivity index (χ1) is 15.5. The number of hydrogen-bond acceptors (Lipinski definition) is 6. The molecule has 1 saturated heterocycles. The first-order valence-corrected chi connectivity index (χ1v) is 12.4. The van der Waals surface area contributed by atoms with E-state index in [2.05, 4.69) is 14.9 Å². The molecule has 1 aliphatic rings. The first kappa shape index (κ1) is 24.9. The first-order valence-electron chi connectivity index (χ1n) is 10.9. The summed E-state index contributed by atoms with van der Waals surface area (Å²) in [5, 5.41) is 3.05. The molecule has 180 valence electrons. The van der Waals surface area contributed by atoms with E-state index >= 15 is 0 Å². The number of benzene rings is 2. The minimum Gasteiger partial charge on any atom is -0.497 e. The van der Waals surface area contributed by atoms with Crippen molar-refractivity contribution in [3.63, 3.8) is 0 Å². The van der Waals surface area contributed by atoms with Crippen LogP contribution in [0.3, 0.4) is 0 Å². The molecule has 1 heterocycles. The summed E-state index contributed by atoms with van der Waals surface area (Å²) < 4.78 is 38.8. The van der Waals surface area contributed by atoms with E-state index in [1.165, 1.54) is 19.2 Å². The predicted octanol–water partition coefficient (Wildman–Crippen LogP) is 3.18. The lowest BCUT2D eigenvalue weighted by molar-refractivity contribution is 0.0931. The largest absolute Gasteiger partial charge is 0.497 e. The van der Waals surface area contributed by atoms with Gasteiger partial charge in [0.15, 0.2) is 0 Å². The molecule has 0 aromatic heterocycles. The highest BCUT2D eigenvalue weighted by Gasteiger charge is 2.27. The lowest BCUT2D eigenvalue weighted by atomic mass is 10.0. The van der Waals surface area contributed by atoms with Crippen molar-refractivity contribution in [3.8, 4) is 11.5 Å². The molecule has 2 aromatic rings. The maximum Gasteiger partial charge on any atom is 0.251 e. The summed E-state index contributed by atoms with van der Waals surface area (Å²) in [6.45, 7) is 6.90. The molecule has 2 aromatic carbocycles. The summed E-state index contributed by atoms with van der Waals surface area (Å²) in [7, 11) is -0.815. The van der Waals surface area contributed by atoms with Gasteiger partial charge in [-0.3, -0.25) is 4.79 Å². The van der Waals surface area contributed by atoms with Crippen LogP contribution in [-0.2, 0) is 10.0 Å². The standard InChI is InChI=1S/C24H33N3O5S/c1-24(2,3)26-33(29,30)22-16-17(6-11-21(22)32-5)23(28)25-18-12-14-27(15-13-18)19-7-9-20(31-4)10-8-19/h6-11,16,18,26H,12-15H2,1-5H3,(H,25,28). The van der Waals surface area contributed by atoms with E-state index in [4.69, 9.17) is 9.47 Å². The number of piperidine rings is 1. The molecule has 33 heavy (non-hydrogen) atoms. The number of ether oxygens (including phenoxy) is 2. The fraction of sp³-hybridized carbons (Fsp3) is 0.458. The van der Waals surface area contributed by atoms with E-state index in [1.54, 1.807) is 33.9 Å². The third kappa shape index (κ3) is 6.39. The summed E-state index contributed by atoms with van der Waals surface area (Å²) in [6, 6.07) is 12.4. The lowest BCUT2D eigenvalue weighted by Gasteiger charge is -2.34. The Bertz CT molecular complexity index is 1070. The lowest BCUT2D eigenvalue weighted by Crippen LogP contribution is -2.44. The third-order valence-corrected chi connectivity index (χ3v) is 7.20. The van der Waals surface area contributed by atoms with Gasteiger partial charge in [-0.25, -0.2) is 13.1 Å². The van der Waals surface area contributed by atoms with E-state index in [1.807, 2.05) is 24.3 Å². The van der Waals surface area contributed by atoms with Gasteiger partial charge in [0, 0.05) is 35.9 Å². The van der Waals surface area contributed by atoms with Crippen LogP contribution in [0, 0.1) is 0 Å². The van der Waals surface area contributed by atoms with Crippen LogP contribution in [-0.4, -0.2) is 53.2 Å². The van der Waals surface area contributed by atoms with Gasteiger partial charge in [0.2, 0.25) is 10.0 Å². The number of sulfonamides is 1. The molecule has 3 rings (SSSR count). The van der Waals surface area contributed by atoms with Crippen molar-refractivity contribution in [1.82, 2.24) is 10.0 Å². The van der Waals surface area contributed by atoms with Gasteiger partial charge in [-0.2, -0.15) is 0 Å². The maximum absolute atomic E-state index is 12.9. The zero-order valence-electron chi connectivity index (χ0n) is 19.8. The van der Waals surface area contributed by atoms with Gasteiger partial charge in [0.25, 0.3) is 5.91 Å². The van der Waals surface area contributed by atoms with E-state index in [9.17, 15) is 13.2 Å². The van der Waals surface area contributed by atoms with Crippen LogP contribution in [0.5, 0.6) is 11.5 Å². The number of carbonyl (C=O) groups is 1. The highest BCUT2D eigenvalue weighted by molar-refractivity contribution is 7.89. The molecule has 0 bridgehead atoms. The van der Waals surface area contributed by atoms with Crippen molar-refractivity contribution in [2.75, 3.05) is 32.2 Å². The molecule has 1 fully saturated rings. The molecule has 9 heteroatoms. The number of carbonyl (C=O) groups excluding carboxylic acids is 1. The molecule has 0 spiro atoms. The van der Waals surface area contributed by atoms with Crippen LogP contribution >= 0.6 is 0 Å². The highest BCUT2D eigenvalue weighted by Crippen LogP contribution is 2.27. The molecule has 0 aliphatic carbocycles. The van der Waals surface area contributed by atoms with Crippen LogP contribution in [0.1, 0.15) is 44.0 Å². The minimum absolute atomic E-state index is 0.0156. The van der Waals surface area contributed by atoms with Crippen molar-refractivity contribution < 1.29 is 22.7 Å². The Labute approximate surface area is 196 Å². The Morgan fingerprint density at radius 3 is 2.18 bits per heavy atom. The fourth-order valence-electron chi connectivity index (χ4n) is 3.83. The van der Waals surface area contributed by atoms with Gasteiger partial charge >= 0.3 is 0 Å². The zero-order chi connectivity index (χ0) is 24.2. The maximum atomic E-state index is 12.9. The Morgan fingerprint density at radius 2 is 1.64 bits per heavy atom. The normalized spacial score (nSPS) is 15.2. The van der Waals surface area contributed by atoms with Gasteiger partial charge in [0.05, 0.1) is 14.2 Å². The second-order valence-electron chi connectivity index (χ2n) is 9.15. The topological polar surface area (TPSA) is 97.0 Å². The Hall–Kier alpha value is -2.78. The van der Waals surface area contributed by atoms with Gasteiger partial charge < -0.3 is 19.7 Å². The number of nitrogens with zero attached hydrogens (tertiary/aromatic N) is 1. The Balaban J connectivity index is 1.67. The molecule has 2 N–H and O–H groups in total. The van der Waals surface area contributed by atoms with Crippen molar-refractivity contribution in [2.45, 2.75) is 50.1 Å². The number of anilines is 1. The molecule has 0 radical (unpaired) electrons. The molecule has 0 atom stereocenters. The number of rotatable bonds is 7. The van der Waals surface area contributed by atoms with Gasteiger partial charge in [-0.1, -0.05) is 0 Å². The van der Waals surface area contributed by atoms with Crippen molar-refractivity contribution in [2.24, 2.45) is 0 Å². The predicted molar refractivity (Wildman–Crippen MR) is 129 cm³/mol. The molecular weight excluding hydrogens is 442 g/mol. The third-order valence-electron chi connectivity index (χ3n) is 5.42. The minimum atomic E-state index is -3.86. The summed E-state index contributed by atoms with van der Waals surface area (Å²) in [6.07, 6.45) is 1.59. The van der Waals surface area contributed by atoms with Gasteiger partial charge in [0.1, 0.15) is 16.4 Å². The summed E-state index contributed by atoms with van der Waals surface area (Å²) in [4.78, 5) is 15.1. The van der Waals surface area contributed by atoms with Gasteiger partial charge in [-0.05, 0) is 76.1 Å². The number of methoxy groups -OCH3 is 2. The van der Waals surface area contributed by atoms with Crippen molar-refractivity contribution in [3.05, 3.63) is 48.0 Å². The summed E-state index contributed by atoms with van der Waals surface area (Å²) in [5.41, 5.74) is 0.736. The van der Waals surface area contributed by atoms with E-state index in [0.717, 1.165) is 37.4 Å². The second kappa shape index (κ2) is 10.0. The van der Waals surface area contributed by atoms with Crippen LogP contribution in [0.2, 0.25) is 0 Å². The second-order valence-corrected chi connectivity index (χ2v) is 10.8. The monoisotopic (exact) mass is 475 g/mol. The number of nitrogens with one attached hydrogen (secondary N) is 2. The molecule has 1 amide bonds. The summed E-state index contributed by atoms with van der Waals surface area (Å²) in [5.74, 6) is 0.711. The van der Waals surface area contributed by atoms with Crippen LogP contribution in [0.4, 0.5) is 5.69 Å². The fourth-order valence-corrected chi connectivity index (χ4v) is 5.44. The molecule has 8 nitrogen and oxygen atoms in total. The molecular formula is C24H33N3O5S. The van der Waals surface area contributed by atoms with E-state index in [0.29, 0.717) is 0 Å². The molecule has 0 unspecified atom stereocenters. The smallest absolute Gasteiger partial charge is 0.251 e. The van der Waals surface area contributed by atoms with Gasteiger partial charge in [-0.15, -0.1) is 0 Å². The zero-order valence-corrected chi connectivity index (χ0v) is 20.7. The Morgan fingerprint density at radius 1 is 1.00 bits per heavy atom. The van der Waals surface area contributed by atoms with Crippen LogP contribution < -0.4 is 24.4 Å². The van der Waals surface area contributed by atoms with Crippen molar-refractivity contribution in [1.29, 1.82) is 0 Å². The Kier molecular flexibility index (Phi) is 7.54. The number of amides is 1. The average Bonchev–Trinajstić information content (AvgIpc) is 2.77. The van der Waals surface area contributed by atoms with E-state index in [-0.39, 0.29) is 28.2 Å². The van der Waals surface area contributed by atoms with E-state index < -0.39 is 15.6 Å². The van der Waals surface area contributed by atoms with Crippen molar-refractivity contribution >= 4 is 21.6 Å². The molecule has 1 aliphatic heterocycles. The van der Waals surface area contributed by atoms with Crippen LogP contribution in [0.25, 0.3) is 0 Å². The highest BCUT2D eigenvalue weighted by atomic mass is 32.2. The summed E-state index contributed by atoms with van der Waals surface area (Å²) >= 11 is 0. The van der Waals surface area contributed by atoms with Crippen LogP contribution in [0.15, 0.2) is 47.4 Å². The molecule has 0 saturated carbocycles.